The summed E-state index contributed by atoms with van der Waals surface area (Å²) < 4.78 is 5.21. The van der Waals surface area contributed by atoms with E-state index in [4.69, 9.17) is 4.74 Å². The lowest BCUT2D eigenvalue weighted by Gasteiger charge is -2.28. The number of carbonyl (C=O) groups is 1. The van der Waals surface area contributed by atoms with Crippen molar-refractivity contribution in [3.63, 3.8) is 0 Å². The van der Waals surface area contributed by atoms with Crippen molar-refractivity contribution in [3.05, 3.63) is 48.0 Å². The summed E-state index contributed by atoms with van der Waals surface area (Å²) >= 11 is 0. The zero-order valence-electron chi connectivity index (χ0n) is 11.9. The Labute approximate surface area is 119 Å². The molecule has 0 aromatic heterocycles. The molecule has 0 fully saturated rings. The Morgan fingerprint density at radius 2 is 1.90 bits per heavy atom. The van der Waals surface area contributed by atoms with Gasteiger partial charge in [0.15, 0.2) is 0 Å². The number of hydrogen-bond acceptors (Lipinski definition) is 3. The molecule has 106 valence electrons. The predicted octanol–water partition coefficient (Wildman–Crippen LogP) is 3.04. The molecule has 2 aromatic rings. The molecule has 20 heavy (non-hydrogen) atoms. The molecule has 3 nitrogen and oxygen atoms in total. The summed E-state index contributed by atoms with van der Waals surface area (Å²) in [7, 11) is 0. The Balaban J connectivity index is 2.60. The molecule has 1 unspecified atom stereocenters. The van der Waals surface area contributed by atoms with Crippen LogP contribution in [-0.2, 0) is 14.9 Å². The van der Waals surface area contributed by atoms with Gasteiger partial charge in [-0.15, -0.1) is 0 Å². The maximum Gasteiger partial charge on any atom is 0.316 e. The van der Waals surface area contributed by atoms with Crippen LogP contribution in [0.5, 0.6) is 0 Å². The summed E-state index contributed by atoms with van der Waals surface area (Å²) in [5.74, 6) is -0.287. The van der Waals surface area contributed by atoms with Gasteiger partial charge >= 0.3 is 5.97 Å². The fraction of sp³-hybridized carbons (Fsp3) is 0.353. The van der Waals surface area contributed by atoms with E-state index in [0.29, 0.717) is 13.0 Å². The van der Waals surface area contributed by atoms with Crippen LogP contribution in [0, 0.1) is 0 Å². The summed E-state index contributed by atoms with van der Waals surface area (Å²) in [6.07, 6.45) is 0.347. The summed E-state index contributed by atoms with van der Waals surface area (Å²) in [6.45, 7) is 3.91. The maximum atomic E-state index is 12.4. The van der Waals surface area contributed by atoms with Crippen LogP contribution in [0.2, 0.25) is 0 Å². The minimum atomic E-state index is -0.828. The van der Waals surface area contributed by atoms with Gasteiger partial charge in [0.1, 0.15) is 0 Å². The molecule has 2 rings (SSSR count). The summed E-state index contributed by atoms with van der Waals surface area (Å²) in [5.41, 5.74) is 0.0779. The molecule has 2 aromatic carbocycles. The zero-order valence-corrected chi connectivity index (χ0v) is 11.9. The zero-order chi connectivity index (χ0) is 14.6. The van der Waals surface area contributed by atoms with Crippen molar-refractivity contribution in [1.82, 2.24) is 0 Å². The molecule has 1 N–H and O–H groups in total. The van der Waals surface area contributed by atoms with Gasteiger partial charge < -0.3 is 9.84 Å². The topological polar surface area (TPSA) is 46.5 Å². The van der Waals surface area contributed by atoms with Crippen LogP contribution < -0.4 is 0 Å². The number of rotatable bonds is 5. The quantitative estimate of drug-likeness (QED) is 0.851. The van der Waals surface area contributed by atoms with E-state index in [9.17, 15) is 9.90 Å². The molecule has 0 saturated carbocycles. The van der Waals surface area contributed by atoms with Crippen LogP contribution >= 0.6 is 0 Å². The van der Waals surface area contributed by atoms with Crippen LogP contribution in [-0.4, -0.2) is 24.3 Å². The van der Waals surface area contributed by atoms with Crippen LogP contribution in [0.25, 0.3) is 10.8 Å². The summed E-state index contributed by atoms with van der Waals surface area (Å²) in [4.78, 5) is 12.4. The molecule has 0 radical (unpaired) electrons. The number of benzene rings is 2. The first-order chi connectivity index (χ1) is 9.63. The van der Waals surface area contributed by atoms with E-state index in [1.54, 1.807) is 6.92 Å². The largest absolute Gasteiger partial charge is 0.465 e. The number of carbonyl (C=O) groups excluding carboxylic acids is 1. The third-order valence-electron chi connectivity index (χ3n) is 3.72. The van der Waals surface area contributed by atoms with Crippen LogP contribution in [0.15, 0.2) is 42.5 Å². The standard InChI is InChI=1S/C17H20O3/c1-3-20-16(19)17(2,11-12-18)15-10-6-8-13-7-4-5-9-14(13)15/h4-10,18H,3,11-12H2,1-2H3. The Morgan fingerprint density at radius 1 is 1.20 bits per heavy atom. The van der Waals surface area contributed by atoms with Crippen LogP contribution in [0.3, 0.4) is 0 Å². The second-order valence-corrected chi connectivity index (χ2v) is 5.05. The number of esters is 1. The first-order valence-electron chi connectivity index (χ1n) is 6.90. The lowest BCUT2D eigenvalue weighted by atomic mass is 9.77. The van der Waals surface area contributed by atoms with Crippen LogP contribution in [0.1, 0.15) is 25.8 Å². The van der Waals surface area contributed by atoms with Gasteiger partial charge in [0.2, 0.25) is 0 Å². The number of fused-ring (bicyclic) bond motifs is 1. The van der Waals surface area contributed by atoms with Crippen molar-refractivity contribution in [1.29, 1.82) is 0 Å². The fourth-order valence-corrected chi connectivity index (χ4v) is 2.57. The molecule has 0 saturated heterocycles. The molecular formula is C17H20O3. The predicted molar refractivity (Wildman–Crippen MR) is 79.6 cm³/mol. The van der Waals surface area contributed by atoms with E-state index in [0.717, 1.165) is 16.3 Å². The van der Waals surface area contributed by atoms with Gasteiger partial charge in [-0.25, -0.2) is 0 Å². The van der Waals surface area contributed by atoms with Crippen LogP contribution in [0.4, 0.5) is 0 Å². The lowest BCUT2D eigenvalue weighted by molar-refractivity contribution is -0.150. The fourth-order valence-electron chi connectivity index (χ4n) is 2.57. The number of aliphatic hydroxyl groups excluding tert-OH is 1. The monoisotopic (exact) mass is 272 g/mol. The van der Waals surface area contributed by atoms with Gasteiger partial charge in [0.25, 0.3) is 0 Å². The first-order valence-corrected chi connectivity index (χ1v) is 6.90. The SMILES string of the molecule is CCOC(=O)C(C)(CCO)c1cccc2ccccc12. The van der Waals surface area contributed by atoms with Crippen molar-refractivity contribution < 1.29 is 14.6 Å². The van der Waals surface area contributed by atoms with Crippen molar-refractivity contribution in [2.45, 2.75) is 25.7 Å². The molecule has 0 spiro atoms. The Bertz CT molecular complexity index is 601. The minimum absolute atomic E-state index is 0.0570. The lowest BCUT2D eigenvalue weighted by Crippen LogP contribution is -2.35. The second kappa shape index (κ2) is 6.06. The van der Waals surface area contributed by atoms with E-state index in [-0.39, 0.29) is 12.6 Å². The van der Waals surface area contributed by atoms with Crippen molar-refractivity contribution in [2.75, 3.05) is 13.2 Å². The van der Waals surface area contributed by atoms with E-state index in [2.05, 4.69) is 0 Å². The van der Waals surface area contributed by atoms with E-state index < -0.39 is 5.41 Å². The molecule has 0 heterocycles. The smallest absolute Gasteiger partial charge is 0.316 e. The first kappa shape index (κ1) is 14.5. The summed E-state index contributed by atoms with van der Waals surface area (Å²) in [5, 5.41) is 11.5. The Kier molecular flexibility index (Phi) is 4.40. The van der Waals surface area contributed by atoms with E-state index >= 15 is 0 Å². The normalized spacial score (nSPS) is 13.9. The molecule has 0 aliphatic heterocycles. The van der Waals surface area contributed by atoms with Gasteiger partial charge in [0, 0.05) is 6.61 Å². The van der Waals surface area contributed by atoms with Crippen molar-refractivity contribution >= 4 is 16.7 Å². The molecule has 3 heteroatoms. The molecule has 0 aliphatic carbocycles. The Morgan fingerprint density at radius 3 is 2.60 bits per heavy atom. The molecule has 0 bridgehead atoms. The summed E-state index contributed by atoms with van der Waals surface area (Å²) in [6, 6.07) is 13.8. The highest BCUT2D eigenvalue weighted by atomic mass is 16.5. The van der Waals surface area contributed by atoms with Crippen molar-refractivity contribution in [2.24, 2.45) is 0 Å². The third kappa shape index (κ3) is 2.54. The highest BCUT2D eigenvalue weighted by molar-refractivity contribution is 5.93. The number of aliphatic hydroxyl groups is 1. The maximum absolute atomic E-state index is 12.4. The highest BCUT2D eigenvalue weighted by Gasteiger charge is 2.37. The van der Waals surface area contributed by atoms with Gasteiger partial charge in [-0.3, -0.25) is 4.79 Å². The van der Waals surface area contributed by atoms with Crippen molar-refractivity contribution in [3.8, 4) is 0 Å². The van der Waals surface area contributed by atoms with E-state index in [1.165, 1.54) is 0 Å². The number of ether oxygens (including phenoxy) is 1. The van der Waals surface area contributed by atoms with Gasteiger partial charge in [0.05, 0.1) is 12.0 Å². The average molecular weight is 272 g/mol. The second-order valence-electron chi connectivity index (χ2n) is 5.05. The Hall–Kier alpha value is -1.87. The molecule has 0 amide bonds. The molecular weight excluding hydrogens is 252 g/mol. The highest BCUT2D eigenvalue weighted by Crippen LogP contribution is 2.34. The molecule has 0 aliphatic rings. The van der Waals surface area contributed by atoms with Gasteiger partial charge in [-0.1, -0.05) is 42.5 Å². The molecule has 1 atom stereocenters. The van der Waals surface area contributed by atoms with E-state index in [1.807, 2.05) is 49.4 Å². The third-order valence-corrected chi connectivity index (χ3v) is 3.72. The number of hydrogen-bond donors (Lipinski definition) is 1. The minimum Gasteiger partial charge on any atom is -0.465 e. The average Bonchev–Trinajstić information content (AvgIpc) is 2.47. The van der Waals surface area contributed by atoms with Gasteiger partial charge in [-0.2, -0.15) is 0 Å². The van der Waals surface area contributed by atoms with Gasteiger partial charge in [-0.05, 0) is 36.6 Å².